The molecule has 0 aliphatic carbocycles. The summed E-state index contributed by atoms with van der Waals surface area (Å²) in [4.78, 5) is 11.9. The van der Waals surface area contributed by atoms with Crippen molar-refractivity contribution in [1.82, 2.24) is 0 Å². The van der Waals surface area contributed by atoms with E-state index in [4.69, 9.17) is 14.9 Å². The van der Waals surface area contributed by atoms with E-state index in [0.717, 1.165) is 0 Å². The number of aliphatic hydroxyl groups is 2. The van der Waals surface area contributed by atoms with Crippen LogP contribution in [0.2, 0.25) is 0 Å². The molecule has 0 bridgehead atoms. The molecule has 0 saturated carbocycles. The van der Waals surface area contributed by atoms with Gasteiger partial charge >= 0.3 is 5.97 Å². The smallest absolute Gasteiger partial charge is 0.342 e. The molecule has 1 rings (SSSR count). The van der Waals surface area contributed by atoms with E-state index in [1.165, 1.54) is 13.0 Å². The SMILES string of the molecule is CCc1cc(O)c(C)c(O)c1C(=O)OCC(O)CO. The van der Waals surface area contributed by atoms with Crippen LogP contribution in [0.15, 0.2) is 6.07 Å². The highest BCUT2D eigenvalue weighted by Gasteiger charge is 2.22. The fourth-order valence-electron chi connectivity index (χ4n) is 1.61. The van der Waals surface area contributed by atoms with Crippen molar-refractivity contribution < 1.29 is 30.0 Å². The Morgan fingerprint density at radius 3 is 2.58 bits per heavy atom. The van der Waals surface area contributed by atoms with Gasteiger partial charge in [-0.05, 0) is 25.0 Å². The van der Waals surface area contributed by atoms with Gasteiger partial charge in [0.25, 0.3) is 0 Å². The summed E-state index contributed by atoms with van der Waals surface area (Å²) in [6.07, 6.45) is -0.733. The van der Waals surface area contributed by atoms with E-state index in [2.05, 4.69) is 0 Å². The molecule has 1 aromatic carbocycles. The third kappa shape index (κ3) is 3.36. The molecule has 0 aliphatic heterocycles. The summed E-state index contributed by atoms with van der Waals surface area (Å²) in [5, 5.41) is 37.2. The van der Waals surface area contributed by atoms with Crippen LogP contribution >= 0.6 is 0 Å². The molecule has 106 valence electrons. The average molecular weight is 270 g/mol. The summed E-state index contributed by atoms with van der Waals surface area (Å²) < 4.78 is 4.81. The van der Waals surface area contributed by atoms with Crippen LogP contribution < -0.4 is 0 Å². The van der Waals surface area contributed by atoms with Gasteiger partial charge in [-0.25, -0.2) is 4.79 Å². The number of esters is 1. The molecule has 1 aromatic rings. The van der Waals surface area contributed by atoms with Crippen molar-refractivity contribution in [3.8, 4) is 11.5 Å². The second-order valence-corrected chi connectivity index (χ2v) is 4.19. The van der Waals surface area contributed by atoms with Crippen molar-refractivity contribution in [2.75, 3.05) is 13.2 Å². The summed E-state index contributed by atoms with van der Waals surface area (Å²) in [5.41, 5.74) is 0.610. The van der Waals surface area contributed by atoms with E-state index in [-0.39, 0.29) is 29.2 Å². The van der Waals surface area contributed by atoms with Gasteiger partial charge in [0.15, 0.2) is 0 Å². The summed E-state index contributed by atoms with van der Waals surface area (Å²) >= 11 is 0. The van der Waals surface area contributed by atoms with Crippen LogP contribution in [0, 0.1) is 6.92 Å². The van der Waals surface area contributed by atoms with Gasteiger partial charge in [-0.2, -0.15) is 0 Å². The Kier molecular flexibility index (Phi) is 5.14. The van der Waals surface area contributed by atoms with Gasteiger partial charge in [-0.15, -0.1) is 0 Å². The highest BCUT2D eigenvalue weighted by atomic mass is 16.5. The van der Waals surface area contributed by atoms with Crippen LogP contribution in [-0.2, 0) is 11.2 Å². The molecule has 1 atom stereocenters. The maximum Gasteiger partial charge on any atom is 0.342 e. The largest absolute Gasteiger partial charge is 0.508 e. The first-order valence-electron chi connectivity index (χ1n) is 5.92. The lowest BCUT2D eigenvalue weighted by Gasteiger charge is -2.14. The highest BCUT2D eigenvalue weighted by Crippen LogP contribution is 2.33. The average Bonchev–Trinajstić information content (AvgIpc) is 2.41. The number of benzene rings is 1. The minimum absolute atomic E-state index is 0.0251. The number of rotatable bonds is 5. The molecule has 1 unspecified atom stereocenters. The van der Waals surface area contributed by atoms with Crippen molar-refractivity contribution in [2.24, 2.45) is 0 Å². The number of hydrogen-bond acceptors (Lipinski definition) is 6. The molecule has 0 amide bonds. The minimum atomic E-state index is -1.16. The number of ether oxygens (including phenoxy) is 1. The van der Waals surface area contributed by atoms with Gasteiger partial charge < -0.3 is 25.2 Å². The molecular weight excluding hydrogens is 252 g/mol. The van der Waals surface area contributed by atoms with Crippen LogP contribution in [0.5, 0.6) is 11.5 Å². The van der Waals surface area contributed by atoms with Gasteiger partial charge in [0.2, 0.25) is 0 Å². The summed E-state index contributed by atoms with van der Waals surface area (Å²) in [6, 6.07) is 1.40. The van der Waals surface area contributed by atoms with Crippen molar-refractivity contribution in [3.63, 3.8) is 0 Å². The fraction of sp³-hybridized carbons (Fsp3) is 0.462. The number of phenols is 2. The molecule has 0 heterocycles. The van der Waals surface area contributed by atoms with Crippen molar-refractivity contribution >= 4 is 5.97 Å². The predicted octanol–water partition coefficient (Wildman–Crippen LogP) is 0.479. The Morgan fingerprint density at radius 2 is 2.05 bits per heavy atom. The van der Waals surface area contributed by atoms with E-state index < -0.39 is 18.7 Å². The van der Waals surface area contributed by atoms with Crippen molar-refractivity contribution in [3.05, 3.63) is 22.8 Å². The number of aromatic hydroxyl groups is 2. The van der Waals surface area contributed by atoms with E-state index in [0.29, 0.717) is 12.0 Å². The summed E-state index contributed by atoms with van der Waals surface area (Å²) in [6.45, 7) is 2.36. The number of aryl methyl sites for hydroxylation is 1. The third-order valence-electron chi connectivity index (χ3n) is 2.81. The Morgan fingerprint density at radius 1 is 1.42 bits per heavy atom. The van der Waals surface area contributed by atoms with Gasteiger partial charge in [0.05, 0.1) is 6.61 Å². The van der Waals surface area contributed by atoms with Gasteiger partial charge in [0, 0.05) is 5.56 Å². The standard InChI is InChI=1S/C13H18O6/c1-3-8-4-10(16)7(2)12(17)11(8)13(18)19-6-9(15)5-14/h4,9,14-17H,3,5-6H2,1-2H3. The van der Waals surface area contributed by atoms with Crippen molar-refractivity contribution in [2.45, 2.75) is 26.4 Å². The van der Waals surface area contributed by atoms with Crippen LogP contribution in [0.1, 0.15) is 28.4 Å². The lowest BCUT2D eigenvalue weighted by Crippen LogP contribution is -2.22. The number of aliphatic hydroxyl groups excluding tert-OH is 2. The maximum atomic E-state index is 11.9. The van der Waals surface area contributed by atoms with Gasteiger partial charge in [-0.1, -0.05) is 6.92 Å². The third-order valence-corrected chi connectivity index (χ3v) is 2.81. The fourth-order valence-corrected chi connectivity index (χ4v) is 1.61. The normalized spacial score (nSPS) is 12.2. The number of hydrogen-bond donors (Lipinski definition) is 4. The van der Waals surface area contributed by atoms with Crippen LogP contribution in [-0.4, -0.2) is 45.7 Å². The lowest BCUT2D eigenvalue weighted by molar-refractivity contribution is 0.00904. The Bertz CT molecular complexity index is 469. The molecule has 19 heavy (non-hydrogen) atoms. The second-order valence-electron chi connectivity index (χ2n) is 4.19. The zero-order valence-corrected chi connectivity index (χ0v) is 10.9. The predicted molar refractivity (Wildman–Crippen MR) is 67.3 cm³/mol. The molecule has 0 radical (unpaired) electrons. The maximum absolute atomic E-state index is 11.9. The monoisotopic (exact) mass is 270 g/mol. The van der Waals surface area contributed by atoms with E-state index in [9.17, 15) is 15.0 Å². The van der Waals surface area contributed by atoms with E-state index in [1.807, 2.05) is 0 Å². The first-order chi connectivity index (χ1) is 8.92. The number of carbonyl (C=O) groups excluding carboxylic acids is 1. The van der Waals surface area contributed by atoms with E-state index in [1.54, 1.807) is 6.92 Å². The Hall–Kier alpha value is -1.79. The summed E-state index contributed by atoms with van der Waals surface area (Å²) in [5.74, 6) is -1.23. The Labute approximate surface area is 110 Å². The van der Waals surface area contributed by atoms with Crippen LogP contribution in [0.3, 0.4) is 0 Å². The first kappa shape index (κ1) is 15.3. The molecule has 0 saturated heterocycles. The minimum Gasteiger partial charge on any atom is -0.508 e. The molecule has 0 spiro atoms. The van der Waals surface area contributed by atoms with E-state index >= 15 is 0 Å². The quantitative estimate of drug-likeness (QED) is 0.580. The number of phenolic OH excluding ortho intramolecular Hbond substituents is 2. The molecule has 6 nitrogen and oxygen atoms in total. The van der Waals surface area contributed by atoms with Crippen molar-refractivity contribution in [1.29, 1.82) is 0 Å². The molecule has 0 fully saturated rings. The summed E-state index contributed by atoms with van der Waals surface area (Å²) in [7, 11) is 0. The zero-order chi connectivity index (χ0) is 14.6. The Balaban J connectivity index is 3.05. The molecule has 4 N–H and O–H groups in total. The zero-order valence-electron chi connectivity index (χ0n) is 10.9. The topological polar surface area (TPSA) is 107 Å². The first-order valence-corrected chi connectivity index (χ1v) is 5.92. The number of carbonyl (C=O) groups is 1. The lowest BCUT2D eigenvalue weighted by atomic mass is 10.00. The molecule has 0 aliphatic rings. The van der Waals surface area contributed by atoms with Crippen LogP contribution in [0.25, 0.3) is 0 Å². The molecule has 0 aromatic heterocycles. The second kappa shape index (κ2) is 6.40. The molecule has 6 heteroatoms. The van der Waals surface area contributed by atoms with Crippen LogP contribution in [0.4, 0.5) is 0 Å². The molecular formula is C13H18O6. The highest BCUT2D eigenvalue weighted by molar-refractivity contribution is 5.95. The van der Waals surface area contributed by atoms with Gasteiger partial charge in [-0.3, -0.25) is 0 Å². The van der Waals surface area contributed by atoms with Gasteiger partial charge in [0.1, 0.15) is 29.8 Å².